The molecule has 1 heterocycles. The van der Waals surface area contributed by atoms with Crippen LogP contribution in [-0.4, -0.2) is 34.8 Å². The van der Waals surface area contributed by atoms with E-state index in [4.69, 9.17) is 0 Å². The van der Waals surface area contributed by atoms with Crippen LogP contribution in [0.2, 0.25) is 0 Å². The van der Waals surface area contributed by atoms with Crippen molar-refractivity contribution in [2.24, 2.45) is 5.92 Å². The highest BCUT2D eigenvalue weighted by Gasteiger charge is 2.22. The molecule has 0 aliphatic heterocycles. The Hall–Kier alpha value is -1.32. The number of hydrogen-bond donors (Lipinski definition) is 0. The van der Waals surface area contributed by atoms with Crippen LogP contribution in [0.25, 0.3) is 0 Å². The van der Waals surface area contributed by atoms with Crippen molar-refractivity contribution in [3.05, 3.63) is 18.0 Å². The molecular formula is C10H15N3O. The van der Waals surface area contributed by atoms with Gasteiger partial charge in [0.15, 0.2) is 0 Å². The van der Waals surface area contributed by atoms with E-state index in [2.05, 4.69) is 5.10 Å². The summed E-state index contributed by atoms with van der Waals surface area (Å²) in [6, 6.07) is 1.84. The predicted molar refractivity (Wildman–Crippen MR) is 53.1 cm³/mol. The molecule has 1 aromatic heterocycles. The number of nitrogens with zero attached hydrogens (tertiary/aromatic N) is 3. The fraction of sp³-hybridized carbons (Fsp3) is 0.600. The van der Waals surface area contributed by atoms with Crippen LogP contribution in [-0.2, 0) is 6.42 Å². The van der Waals surface area contributed by atoms with Gasteiger partial charge in [-0.2, -0.15) is 9.78 Å². The van der Waals surface area contributed by atoms with Crippen molar-refractivity contribution in [2.45, 2.75) is 19.3 Å². The molecule has 4 heteroatoms. The van der Waals surface area contributed by atoms with Gasteiger partial charge in [0.2, 0.25) is 0 Å². The fourth-order valence-corrected chi connectivity index (χ4v) is 1.40. The van der Waals surface area contributed by atoms with Gasteiger partial charge in [0, 0.05) is 20.3 Å². The van der Waals surface area contributed by atoms with E-state index in [1.165, 1.54) is 22.4 Å². The maximum atomic E-state index is 11.5. The largest absolute Gasteiger partial charge is 0.344 e. The molecule has 0 spiro atoms. The third-order valence-corrected chi connectivity index (χ3v) is 2.42. The van der Waals surface area contributed by atoms with Crippen LogP contribution in [0.1, 0.15) is 18.5 Å². The quantitative estimate of drug-likeness (QED) is 0.711. The smallest absolute Gasteiger partial charge is 0.329 e. The van der Waals surface area contributed by atoms with Crippen molar-refractivity contribution in [3.8, 4) is 0 Å². The van der Waals surface area contributed by atoms with Crippen molar-refractivity contribution in [3.63, 3.8) is 0 Å². The molecule has 0 aromatic carbocycles. The Morgan fingerprint density at radius 2 is 2.36 bits per heavy atom. The number of hydrogen-bond acceptors (Lipinski definition) is 2. The Morgan fingerprint density at radius 1 is 1.64 bits per heavy atom. The van der Waals surface area contributed by atoms with E-state index in [1.807, 2.05) is 6.07 Å². The fourth-order valence-electron chi connectivity index (χ4n) is 1.40. The second-order valence-electron chi connectivity index (χ2n) is 4.08. The number of rotatable bonds is 2. The Morgan fingerprint density at radius 3 is 2.93 bits per heavy atom. The van der Waals surface area contributed by atoms with Crippen molar-refractivity contribution in [1.82, 2.24) is 14.7 Å². The number of carbonyl (C=O) groups is 1. The molecule has 1 amide bonds. The summed E-state index contributed by atoms with van der Waals surface area (Å²) in [5.41, 5.74) is 1.03. The average Bonchev–Trinajstić information content (AvgIpc) is 2.81. The van der Waals surface area contributed by atoms with Crippen LogP contribution in [0.5, 0.6) is 0 Å². The molecule has 14 heavy (non-hydrogen) atoms. The summed E-state index contributed by atoms with van der Waals surface area (Å²) in [6.07, 6.45) is 5.39. The summed E-state index contributed by atoms with van der Waals surface area (Å²) in [6.45, 7) is 0. The number of aromatic nitrogens is 2. The van der Waals surface area contributed by atoms with Gasteiger partial charge in [0.05, 0.1) is 5.69 Å². The summed E-state index contributed by atoms with van der Waals surface area (Å²) in [5.74, 6) is 0.813. The highest BCUT2D eigenvalue weighted by molar-refractivity contribution is 5.75. The second kappa shape index (κ2) is 3.44. The Kier molecular flexibility index (Phi) is 2.27. The topological polar surface area (TPSA) is 38.1 Å². The molecule has 1 aromatic rings. The second-order valence-corrected chi connectivity index (χ2v) is 4.08. The first-order valence-corrected chi connectivity index (χ1v) is 4.93. The lowest BCUT2D eigenvalue weighted by atomic mass is 10.2. The highest BCUT2D eigenvalue weighted by atomic mass is 16.2. The van der Waals surface area contributed by atoms with Gasteiger partial charge in [-0.15, -0.1) is 0 Å². The van der Waals surface area contributed by atoms with Gasteiger partial charge in [0.25, 0.3) is 0 Å². The van der Waals surface area contributed by atoms with Crippen LogP contribution >= 0.6 is 0 Å². The lowest BCUT2D eigenvalue weighted by Gasteiger charge is -2.08. The molecule has 1 fully saturated rings. The Balaban J connectivity index is 2.04. The average molecular weight is 193 g/mol. The van der Waals surface area contributed by atoms with E-state index < -0.39 is 0 Å². The molecule has 0 N–H and O–H groups in total. The molecule has 1 saturated carbocycles. The summed E-state index contributed by atoms with van der Waals surface area (Å²) in [7, 11) is 3.45. The number of amides is 1. The first-order valence-electron chi connectivity index (χ1n) is 4.93. The third kappa shape index (κ3) is 1.95. The molecular weight excluding hydrogens is 178 g/mol. The van der Waals surface area contributed by atoms with E-state index >= 15 is 0 Å². The maximum absolute atomic E-state index is 11.5. The zero-order valence-electron chi connectivity index (χ0n) is 8.60. The van der Waals surface area contributed by atoms with Gasteiger partial charge >= 0.3 is 6.03 Å². The first kappa shape index (κ1) is 9.24. The lowest BCUT2D eigenvalue weighted by molar-refractivity contribution is 0.215. The van der Waals surface area contributed by atoms with Crippen LogP contribution < -0.4 is 0 Å². The normalized spacial score (nSPS) is 15.6. The van der Waals surface area contributed by atoms with E-state index in [1.54, 1.807) is 20.3 Å². The van der Waals surface area contributed by atoms with Gasteiger partial charge in [-0.05, 0) is 31.2 Å². The molecule has 2 rings (SSSR count). The van der Waals surface area contributed by atoms with Crippen LogP contribution in [0.15, 0.2) is 12.3 Å². The van der Waals surface area contributed by atoms with Gasteiger partial charge in [-0.1, -0.05) is 0 Å². The zero-order chi connectivity index (χ0) is 10.1. The molecule has 0 atom stereocenters. The van der Waals surface area contributed by atoms with Crippen LogP contribution in [0, 0.1) is 5.92 Å². The summed E-state index contributed by atoms with van der Waals surface area (Å²) in [5, 5.41) is 4.24. The minimum Gasteiger partial charge on any atom is -0.329 e. The van der Waals surface area contributed by atoms with Gasteiger partial charge < -0.3 is 4.90 Å². The third-order valence-electron chi connectivity index (χ3n) is 2.42. The maximum Gasteiger partial charge on any atom is 0.344 e. The molecule has 0 radical (unpaired) electrons. The standard InChI is InChI=1S/C10H15N3O/c1-12(2)10(14)13-6-5-9(11-13)7-8-3-4-8/h5-6,8H,3-4,7H2,1-2H3. The van der Waals surface area contributed by atoms with E-state index in [0.717, 1.165) is 18.0 Å². The molecule has 0 bridgehead atoms. The zero-order valence-corrected chi connectivity index (χ0v) is 8.60. The highest BCUT2D eigenvalue weighted by Crippen LogP contribution is 2.31. The Labute approximate surface area is 83.5 Å². The minimum absolute atomic E-state index is 0.0907. The molecule has 0 saturated heterocycles. The van der Waals surface area contributed by atoms with E-state index in [-0.39, 0.29) is 6.03 Å². The Bertz CT molecular complexity index is 339. The van der Waals surface area contributed by atoms with Gasteiger partial charge in [-0.25, -0.2) is 4.79 Å². The molecule has 4 nitrogen and oxygen atoms in total. The summed E-state index contributed by atoms with van der Waals surface area (Å²) < 4.78 is 1.40. The molecule has 1 aliphatic rings. The van der Waals surface area contributed by atoms with Crippen molar-refractivity contribution in [1.29, 1.82) is 0 Å². The van der Waals surface area contributed by atoms with Gasteiger partial charge in [0.1, 0.15) is 0 Å². The van der Waals surface area contributed by atoms with Crippen molar-refractivity contribution in [2.75, 3.05) is 14.1 Å². The first-order chi connectivity index (χ1) is 6.66. The van der Waals surface area contributed by atoms with Gasteiger partial charge in [-0.3, -0.25) is 0 Å². The molecule has 0 unspecified atom stereocenters. The van der Waals surface area contributed by atoms with Crippen LogP contribution in [0.3, 0.4) is 0 Å². The molecule has 76 valence electrons. The minimum atomic E-state index is -0.0907. The summed E-state index contributed by atoms with van der Waals surface area (Å²) >= 11 is 0. The van der Waals surface area contributed by atoms with Crippen molar-refractivity contribution < 1.29 is 4.79 Å². The monoisotopic (exact) mass is 193 g/mol. The molecule has 1 aliphatic carbocycles. The predicted octanol–water partition coefficient (Wildman–Crippen LogP) is 1.37. The van der Waals surface area contributed by atoms with E-state index in [0.29, 0.717) is 0 Å². The lowest BCUT2D eigenvalue weighted by Crippen LogP contribution is -2.27. The number of carbonyl (C=O) groups excluding carboxylic acids is 1. The SMILES string of the molecule is CN(C)C(=O)n1ccc(CC2CC2)n1. The summed E-state index contributed by atoms with van der Waals surface area (Å²) in [4.78, 5) is 13.0. The van der Waals surface area contributed by atoms with Crippen LogP contribution in [0.4, 0.5) is 4.79 Å². The van der Waals surface area contributed by atoms with Crippen molar-refractivity contribution >= 4 is 6.03 Å². The van der Waals surface area contributed by atoms with E-state index in [9.17, 15) is 4.79 Å².